The van der Waals surface area contributed by atoms with Crippen LogP contribution < -0.4 is 0 Å². The second kappa shape index (κ2) is 2.76. The van der Waals surface area contributed by atoms with Crippen molar-refractivity contribution in [2.75, 3.05) is 13.2 Å². The van der Waals surface area contributed by atoms with Crippen LogP contribution in [-0.4, -0.2) is 23.4 Å². The van der Waals surface area contributed by atoms with E-state index in [1.807, 2.05) is 0 Å². The zero-order valence-corrected chi connectivity index (χ0v) is 6.74. The zero-order chi connectivity index (χ0) is 7.84. The molecule has 0 radical (unpaired) electrons. The topological polar surface area (TPSA) is 40.5 Å². The SMILES string of the molecule is OC[C@@H]1[C@H]2CC[C@@H](C2)[C@H]1CO. The molecule has 0 spiro atoms. The predicted octanol–water partition coefficient (Wildman–Crippen LogP) is 0.633. The first-order chi connectivity index (χ1) is 5.36. The maximum Gasteiger partial charge on any atom is 0.0465 e. The molecule has 0 saturated heterocycles. The lowest BCUT2D eigenvalue weighted by atomic mass is 9.80. The maximum absolute atomic E-state index is 9.08. The Labute approximate surface area is 67.2 Å². The van der Waals surface area contributed by atoms with Gasteiger partial charge in [-0.1, -0.05) is 0 Å². The van der Waals surface area contributed by atoms with E-state index in [4.69, 9.17) is 10.2 Å². The Morgan fingerprint density at radius 2 is 1.36 bits per heavy atom. The van der Waals surface area contributed by atoms with Gasteiger partial charge in [-0.15, -0.1) is 0 Å². The third-order valence-electron chi connectivity index (χ3n) is 3.70. The largest absolute Gasteiger partial charge is 0.396 e. The van der Waals surface area contributed by atoms with E-state index in [1.165, 1.54) is 19.3 Å². The summed E-state index contributed by atoms with van der Waals surface area (Å²) in [5.41, 5.74) is 0. The van der Waals surface area contributed by atoms with E-state index in [9.17, 15) is 0 Å². The van der Waals surface area contributed by atoms with Crippen LogP contribution in [0.25, 0.3) is 0 Å². The Kier molecular flexibility index (Phi) is 1.90. The van der Waals surface area contributed by atoms with E-state index < -0.39 is 0 Å². The van der Waals surface area contributed by atoms with Gasteiger partial charge in [0.05, 0.1) is 0 Å². The summed E-state index contributed by atoms with van der Waals surface area (Å²) in [5.74, 6) is 2.28. The van der Waals surface area contributed by atoms with E-state index in [2.05, 4.69) is 0 Å². The molecule has 0 amide bonds. The average molecular weight is 156 g/mol. The van der Waals surface area contributed by atoms with Crippen LogP contribution in [0.3, 0.4) is 0 Å². The monoisotopic (exact) mass is 156 g/mol. The molecule has 4 atom stereocenters. The molecule has 2 heteroatoms. The Bertz CT molecular complexity index is 130. The lowest BCUT2D eigenvalue weighted by molar-refractivity contribution is 0.0791. The summed E-state index contributed by atoms with van der Waals surface area (Å²) in [6.07, 6.45) is 3.83. The standard InChI is InChI=1S/C9H16O2/c10-4-8-6-1-2-7(3-6)9(8)5-11/h6-11H,1-5H2/t6-,7-,8+,9+/m0/s1. The van der Waals surface area contributed by atoms with Crippen molar-refractivity contribution in [3.8, 4) is 0 Å². The van der Waals surface area contributed by atoms with Gasteiger partial charge in [-0.25, -0.2) is 0 Å². The number of aliphatic hydroxyl groups excluding tert-OH is 2. The van der Waals surface area contributed by atoms with Gasteiger partial charge in [0.2, 0.25) is 0 Å². The van der Waals surface area contributed by atoms with Gasteiger partial charge in [0.15, 0.2) is 0 Å². The van der Waals surface area contributed by atoms with Crippen molar-refractivity contribution in [2.45, 2.75) is 19.3 Å². The summed E-state index contributed by atoms with van der Waals surface area (Å²) >= 11 is 0. The normalized spacial score (nSPS) is 48.5. The second-order valence-electron chi connectivity index (χ2n) is 4.03. The highest BCUT2D eigenvalue weighted by Crippen LogP contribution is 2.51. The number of aliphatic hydroxyl groups is 2. The summed E-state index contributed by atoms with van der Waals surface area (Å²) in [7, 11) is 0. The number of rotatable bonds is 2. The summed E-state index contributed by atoms with van der Waals surface area (Å²) in [6.45, 7) is 0.568. The molecule has 11 heavy (non-hydrogen) atoms. The maximum atomic E-state index is 9.08. The number of hydrogen-bond acceptors (Lipinski definition) is 2. The van der Waals surface area contributed by atoms with Gasteiger partial charge in [0, 0.05) is 13.2 Å². The van der Waals surface area contributed by atoms with Crippen LogP contribution in [0.2, 0.25) is 0 Å². The van der Waals surface area contributed by atoms with Crippen LogP contribution in [0.15, 0.2) is 0 Å². The van der Waals surface area contributed by atoms with Crippen LogP contribution in [0.5, 0.6) is 0 Å². The third kappa shape index (κ3) is 1.00. The highest BCUT2D eigenvalue weighted by molar-refractivity contribution is 4.95. The fourth-order valence-electron chi connectivity index (χ4n) is 3.10. The lowest BCUT2D eigenvalue weighted by Crippen LogP contribution is -2.27. The minimum absolute atomic E-state index is 0.284. The molecular weight excluding hydrogens is 140 g/mol. The molecule has 2 aliphatic rings. The molecule has 0 aliphatic heterocycles. The van der Waals surface area contributed by atoms with Gasteiger partial charge in [0.25, 0.3) is 0 Å². The zero-order valence-electron chi connectivity index (χ0n) is 6.74. The van der Waals surface area contributed by atoms with Crippen molar-refractivity contribution < 1.29 is 10.2 Å². The Balaban J connectivity index is 2.08. The molecule has 2 nitrogen and oxygen atoms in total. The van der Waals surface area contributed by atoms with Gasteiger partial charge in [0.1, 0.15) is 0 Å². The van der Waals surface area contributed by atoms with E-state index in [-0.39, 0.29) is 13.2 Å². The Morgan fingerprint density at radius 1 is 0.909 bits per heavy atom. The Hall–Kier alpha value is -0.0800. The van der Waals surface area contributed by atoms with Crippen molar-refractivity contribution in [1.29, 1.82) is 0 Å². The first kappa shape index (κ1) is 7.56. The van der Waals surface area contributed by atoms with Gasteiger partial charge < -0.3 is 10.2 Å². The molecule has 2 aliphatic carbocycles. The average Bonchev–Trinajstić information content (AvgIpc) is 2.60. The van der Waals surface area contributed by atoms with E-state index in [0.717, 1.165) is 11.8 Å². The molecule has 0 unspecified atom stereocenters. The summed E-state index contributed by atoms with van der Waals surface area (Å²) < 4.78 is 0. The summed E-state index contributed by atoms with van der Waals surface area (Å²) in [4.78, 5) is 0. The van der Waals surface area contributed by atoms with Crippen molar-refractivity contribution in [2.24, 2.45) is 23.7 Å². The Morgan fingerprint density at radius 3 is 1.73 bits per heavy atom. The third-order valence-corrected chi connectivity index (χ3v) is 3.70. The van der Waals surface area contributed by atoms with Crippen molar-refractivity contribution in [1.82, 2.24) is 0 Å². The van der Waals surface area contributed by atoms with Gasteiger partial charge in [-0.05, 0) is 42.9 Å². The van der Waals surface area contributed by atoms with Crippen molar-refractivity contribution in [3.05, 3.63) is 0 Å². The van der Waals surface area contributed by atoms with E-state index in [1.54, 1.807) is 0 Å². The molecule has 2 fully saturated rings. The van der Waals surface area contributed by atoms with Crippen LogP contribution >= 0.6 is 0 Å². The van der Waals surface area contributed by atoms with Crippen molar-refractivity contribution >= 4 is 0 Å². The predicted molar refractivity (Wildman–Crippen MR) is 42.0 cm³/mol. The van der Waals surface area contributed by atoms with Gasteiger partial charge in [-0.3, -0.25) is 0 Å². The van der Waals surface area contributed by atoms with Crippen LogP contribution in [0.1, 0.15) is 19.3 Å². The molecular formula is C9H16O2. The fourth-order valence-corrected chi connectivity index (χ4v) is 3.10. The smallest absolute Gasteiger partial charge is 0.0465 e. The van der Waals surface area contributed by atoms with Crippen molar-refractivity contribution in [3.63, 3.8) is 0 Å². The molecule has 0 heterocycles. The molecule has 2 bridgehead atoms. The van der Waals surface area contributed by atoms with Crippen LogP contribution in [-0.2, 0) is 0 Å². The minimum atomic E-state index is 0.284. The number of fused-ring (bicyclic) bond motifs is 2. The first-order valence-electron chi connectivity index (χ1n) is 4.58. The van der Waals surface area contributed by atoms with E-state index >= 15 is 0 Å². The molecule has 0 aromatic carbocycles. The molecule has 0 aromatic heterocycles. The quantitative estimate of drug-likeness (QED) is 0.615. The van der Waals surface area contributed by atoms with Gasteiger partial charge in [-0.2, -0.15) is 0 Å². The fraction of sp³-hybridized carbons (Fsp3) is 1.00. The highest BCUT2D eigenvalue weighted by Gasteiger charge is 2.46. The minimum Gasteiger partial charge on any atom is -0.396 e. The van der Waals surface area contributed by atoms with Crippen LogP contribution in [0, 0.1) is 23.7 Å². The van der Waals surface area contributed by atoms with Gasteiger partial charge >= 0.3 is 0 Å². The second-order valence-corrected chi connectivity index (χ2v) is 4.03. The lowest BCUT2D eigenvalue weighted by Gasteiger charge is -2.27. The molecule has 2 saturated carbocycles. The molecule has 0 aromatic rings. The molecule has 2 rings (SSSR count). The van der Waals surface area contributed by atoms with E-state index in [0.29, 0.717) is 11.8 Å². The molecule has 64 valence electrons. The number of hydrogen-bond donors (Lipinski definition) is 2. The molecule has 2 N–H and O–H groups in total. The summed E-state index contributed by atoms with van der Waals surface area (Å²) in [5, 5.41) is 18.2. The highest BCUT2D eigenvalue weighted by atomic mass is 16.3. The van der Waals surface area contributed by atoms with Crippen LogP contribution in [0.4, 0.5) is 0 Å². The summed E-state index contributed by atoms with van der Waals surface area (Å²) in [6, 6.07) is 0. The first-order valence-corrected chi connectivity index (χ1v) is 4.58.